The van der Waals surface area contributed by atoms with E-state index in [1.54, 1.807) is 11.0 Å². The van der Waals surface area contributed by atoms with Crippen molar-refractivity contribution in [1.29, 1.82) is 0 Å². The van der Waals surface area contributed by atoms with Crippen LogP contribution in [0.2, 0.25) is 0 Å². The van der Waals surface area contributed by atoms with Crippen LogP contribution in [0.25, 0.3) is 0 Å². The van der Waals surface area contributed by atoms with Crippen LogP contribution in [0.5, 0.6) is 5.88 Å². The van der Waals surface area contributed by atoms with Crippen LogP contribution in [0.4, 0.5) is 10.6 Å². The number of halogens is 1. The lowest BCUT2D eigenvalue weighted by Gasteiger charge is -2.42. The number of nitrogens with zero attached hydrogens (tertiary/aromatic N) is 2. The quantitative estimate of drug-likeness (QED) is 0.509. The zero-order chi connectivity index (χ0) is 21.1. The van der Waals surface area contributed by atoms with E-state index < -0.39 is 17.5 Å². The topological polar surface area (TPSA) is 118 Å². The molecule has 4 N–H and O–H groups in total. The second-order valence-corrected chi connectivity index (χ2v) is 9.10. The summed E-state index contributed by atoms with van der Waals surface area (Å²) in [4.78, 5) is 29.3. The molecule has 156 valence electrons. The van der Waals surface area contributed by atoms with E-state index in [1.807, 2.05) is 27.7 Å². The maximum absolute atomic E-state index is 11.7. The van der Waals surface area contributed by atoms with Gasteiger partial charge in [-0.25, -0.2) is 4.79 Å². The van der Waals surface area contributed by atoms with Gasteiger partial charge >= 0.3 is 6.09 Å². The molecule has 0 aliphatic heterocycles. The predicted molar refractivity (Wildman–Crippen MR) is 116 cm³/mol. The Balaban J connectivity index is 2.09. The number of rotatable bonds is 6. The summed E-state index contributed by atoms with van der Waals surface area (Å²) < 4.78 is 6.26. The zero-order valence-corrected chi connectivity index (χ0v) is 18.9. The van der Waals surface area contributed by atoms with Crippen LogP contribution in [-0.2, 0) is 0 Å². The molecule has 2 amide bonds. The number of carbonyl (C=O) groups excluding carboxylic acids is 1. The first-order valence-corrected chi connectivity index (χ1v) is 10.5. The normalized spacial score (nSPS) is 19.8. The van der Waals surface area contributed by atoms with E-state index in [-0.39, 0.29) is 23.5 Å². The second kappa shape index (κ2) is 9.15. The van der Waals surface area contributed by atoms with E-state index in [2.05, 4.69) is 32.9 Å². The van der Waals surface area contributed by atoms with Gasteiger partial charge in [0.25, 0.3) is 5.91 Å². The molecule has 1 aromatic heterocycles. The zero-order valence-electron chi connectivity index (χ0n) is 16.8. The Hall–Kier alpha value is -1.78. The van der Waals surface area contributed by atoms with Gasteiger partial charge in [0.1, 0.15) is 11.4 Å². The lowest BCUT2D eigenvalue weighted by molar-refractivity contribution is 0.0556. The Morgan fingerprint density at radius 2 is 1.96 bits per heavy atom. The van der Waals surface area contributed by atoms with Gasteiger partial charge < -0.3 is 25.8 Å². The third-order valence-corrected chi connectivity index (χ3v) is 5.64. The first kappa shape index (κ1) is 22.5. The van der Waals surface area contributed by atoms with Crippen molar-refractivity contribution < 1.29 is 19.4 Å². The van der Waals surface area contributed by atoms with E-state index >= 15 is 0 Å². The van der Waals surface area contributed by atoms with Crippen molar-refractivity contribution in [2.45, 2.75) is 71.0 Å². The third kappa shape index (κ3) is 5.39. The van der Waals surface area contributed by atoms with Crippen molar-refractivity contribution in [3.63, 3.8) is 0 Å². The molecule has 0 unspecified atom stereocenters. The SMILES string of the molecule is CCOc1nc(NC2CCC(N(C(=O)O)C(C)(C)C)CC2)c(I)cc1C(N)=O. The van der Waals surface area contributed by atoms with Crippen molar-refractivity contribution in [1.82, 2.24) is 9.88 Å². The van der Waals surface area contributed by atoms with Gasteiger partial charge in [-0.05, 0) is 82.0 Å². The minimum Gasteiger partial charge on any atom is -0.477 e. The van der Waals surface area contributed by atoms with E-state index in [4.69, 9.17) is 10.5 Å². The molecule has 1 saturated carbocycles. The van der Waals surface area contributed by atoms with Gasteiger partial charge in [0.15, 0.2) is 0 Å². The summed E-state index contributed by atoms with van der Waals surface area (Å²) in [6.07, 6.45) is 2.38. The number of hydrogen-bond donors (Lipinski definition) is 3. The molecule has 1 aliphatic rings. The molecule has 8 nitrogen and oxygen atoms in total. The number of carbonyl (C=O) groups is 2. The maximum Gasteiger partial charge on any atom is 0.407 e. The van der Waals surface area contributed by atoms with Gasteiger partial charge in [-0.2, -0.15) is 4.98 Å². The monoisotopic (exact) mass is 504 g/mol. The molecular formula is C19H29IN4O4. The van der Waals surface area contributed by atoms with Gasteiger partial charge in [0, 0.05) is 17.6 Å². The molecule has 0 aromatic carbocycles. The summed E-state index contributed by atoms with van der Waals surface area (Å²) in [5, 5.41) is 13.0. The number of primary amides is 1. The number of nitrogens with one attached hydrogen (secondary N) is 1. The average Bonchev–Trinajstić information content (AvgIpc) is 2.57. The van der Waals surface area contributed by atoms with Crippen LogP contribution in [0, 0.1) is 3.57 Å². The summed E-state index contributed by atoms with van der Waals surface area (Å²) in [5.41, 5.74) is 5.26. The minimum atomic E-state index is -0.872. The number of ether oxygens (including phenoxy) is 1. The Bertz CT molecular complexity index is 727. The molecule has 9 heteroatoms. The molecule has 1 aliphatic carbocycles. The molecule has 1 heterocycles. The summed E-state index contributed by atoms with van der Waals surface area (Å²) in [6, 6.07) is 1.88. The highest BCUT2D eigenvalue weighted by Crippen LogP contribution is 2.31. The fourth-order valence-corrected chi connectivity index (χ4v) is 4.25. The molecule has 0 radical (unpaired) electrons. The molecule has 28 heavy (non-hydrogen) atoms. The maximum atomic E-state index is 11.7. The summed E-state index contributed by atoms with van der Waals surface area (Å²) in [5.74, 6) is 0.316. The molecule has 0 spiro atoms. The summed E-state index contributed by atoms with van der Waals surface area (Å²) >= 11 is 2.12. The van der Waals surface area contributed by atoms with Crippen LogP contribution in [-0.4, -0.2) is 51.2 Å². The lowest BCUT2D eigenvalue weighted by atomic mass is 9.88. The van der Waals surface area contributed by atoms with Gasteiger partial charge in [-0.1, -0.05) is 0 Å². The van der Waals surface area contributed by atoms with E-state index in [0.29, 0.717) is 12.4 Å². The fraction of sp³-hybridized carbons (Fsp3) is 0.632. The number of carboxylic acid groups (broad SMARTS) is 1. The summed E-state index contributed by atoms with van der Waals surface area (Å²) in [7, 11) is 0. The number of anilines is 1. The highest BCUT2D eigenvalue weighted by molar-refractivity contribution is 14.1. The van der Waals surface area contributed by atoms with Crippen LogP contribution in [0.1, 0.15) is 63.7 Å². The largest absolute Gasteiger partial charge is 0.477 e. The van der Waals surface area contributed by atoms with E-state index in [9.17, 15) is 14.7 Å². The van der Waals surface area contributed by atoms with Gasteiger partial charge in [-0.3, -0.25) is 4.79 Å². The smallest absolute Gasteiger partial charge is 0.407 e. The van der Waals surface area contributed by atoms with Gasteiger partial charge in [-0.15, -0.1) is 0 Å². The first-order chi connectivity index (χ1) is 13.0. The molecule has 0 saturated heterocycles. The fourth-order valence-electron chi connectivity index (χ4n) is 3.66. The predicted octanol–water partition coefficient (Wildman–Crippen LogP) is 3.69. The van der Waals surface area contributed by atoms with Crippen molar-refractivity contribution >= 4 is 40.4 Å². The van der Waals surface area contributed by atoms with Gasteiger partial charge in [0.05, 0.1) is 10.2 Å². The Labute approximate surface area is 179 Å². The lowest BCUT2D eigenvalue weighted by Crippen LogP contribution is -2.52. The van der Waals surface area contributed by atoms with Crippen LogP contribution in [0.15, 0.2) is 6.07 Å². The van der Waals surface area contributed by atoms with Gasteiger partial charge in [0.2, 0.25) is 5.88 Å². The van der Waals surface area contributed by atoms with Crippen molar-refractivity contribution in [2.75, 3.05) is 11.9 Å². The minimum absolute atomic E-state index is 0.0128. The number of nitrogens with two attached hydrogens (primary N) is 1. The highest BCUT2D eigenvalue weighted by atomic mass is 127. The Kier molecular flexibility index (Phi) is 7.35. The molecule has 2 rings (SSSR count). The summed E-state index contributed by atoms with van der Waals surface area (Å²) in [6.45, 7) is 7.98. The number of hydrogen-bond acceptors (Lipinski definition) is 5. The average molecular weight is 504 g/mol. The second-order valence-electron chi connectivity index (χ2n) is 7.94. The van der Waals surface area contributed by atoms with Crippen LogP contribution >= 0.6 is 22.6 Å². The molecule has 0 atom stereocenters. The Morgan fingerprint density at radius 3 is 2.43 bits per heavy atom. The number of amides is 2. The Morgan fingerprint density at radius 1 is 1.36 bits per heavy atom. The molecular weight excluding hydrogens is 475 g/mol. The van der Waals surface area contributed by atoms with E-state index in [1.165, 1.54) is 0 Å². The van der Waals surface area contributed by atoms with E-state index in [0.717, 1.165) is 29.3 Å². The van der Waals surface area contributed by atoms with Crippen LogP contribution < -0.4 is 15.8 Å². The number of aromatic nitrogens is 1. The third-order valence-electron chi connectivity index (χ3n) is 4.82. The van der Waals surface area contributed by atoms with Crippen molar-refractivity contribution in [3.05, 3.63) is 15.2 Å². The molecule has 1 aromatic rings. The molecule has 1 fully saturated rings. The standard InChI is InChI=1S/C19H29IN4O4/c1-5-28-17-13(15(21)25)10-14(20)16(23-17)22-11-6-8-12(9-7-11)24(18(26)27)19(2,3)4/h10-12H,5-9H2,1-4H3,(H2,21,25)(H,22,23)(H,26,27). The number of pyridine rings is 1. The van der Waals surface area contributed by atoms with Crippen molar-refractivity contribution in [2.24, 2.45) is 5.73 Å². The van der Waals surface area contributed by atoms with Crippen molar-refractivity contribution in [3.8, 4) is 5.88 Å². The van der Waals surface area contributed by atoms with Crippen LogP contribution in [0.3, 0.4) is 0 Å². The molecule has 0 bridgehead atoms. The highest BCUT2D eigenvalue weighted by Gasteiger charge is 2.35. The first-order valence-electron chi connectivity index (χ1n) is 9.46.